The van der Waals surface area contributed by atoms with E-state index in [-0.39, 0.29) is 0 Å². The van der Waals surface area contributed by atoms with Crippen molar-refractivity contribution in [2.24, 2.45) is 4.99 Å². The van der Waals surface area contributed by atoms with Crippen molar-refractivity contribution in [3.8, 4) is 17.3 Å². The van der Waals surface area contributed by atoms with Gasteiger partial charge in [0.05, 0.1) is 28.6 Å². The first kappa shape index (κ1) is 16.0. The van der Waals surface area contributed by atoms with E-state index in [4.69, 9.17) is 5.26 Å². The maximum absolute atomic E-state index is 12.5. The maximum Gasteiger partial charge on any atom is 0.416 e. The first-order chi connectivity index (χ1) is 11.5. The molecule has 1 N–H and O–H groups in total. The Balaban J connectivity index is 1.87. The topological polar surface area (TPSA) is 51.9 Å². The second kappa shape index (κ2) is 6.34. The standard InChI is InChI=1S/C17H10F3N3S/c18-17(19,20)13-5-7-14(8-6-13)22-16-23-15(10-24-16)12-3-1-11(9-21)2-4-12/h1-8,10H,(H,22,23). The second-order valence-corrected chi connectivity index (χ2v) is 5.78. The number of hydrogen-bond acceptors (Lipinski definition) is 3. The molecule has 0 bridgehead atoms. The van der Waals surface area contributed by atoms with Gasteiger partial charge in [-0.25, -0.2) is 4.99 Å². The van der Waals surface area contributed by atoms with Crippen molar-refractivity contribution in [3.05, 3.63) is 69.8 Å². The van der Waals surface area contributed by atoms with Gasteiger partial charge in [-0.1, -0.05) is 12.1 Å². The number of alkyl halides is 3. The fourth-order valence-corrected chi connectivity index (χ4v) is 2.80. The largest absolute Gasteiger partial charge is 0.416 e. The van der Waals surface area contributed by atoms with Gasteiger partial charge in [0.25, 0.3) is 0 Å². The molecule has 3 rings (SSSR count). The number of thiazole rings is 1. The Hall–Kier alpha value is -2.85. The van der Waals surface area contributed by atoms with Crippen LogP contribution in [0.1, 0.15) is 11.1 Å². The molecule has 0 radical (unpaired) electrons. The molecule has 120 valence electrons. The number of hydrogen-bond donors (Lipinski definition) is 1. The minimum Gasteiger partial charge on any atom is -0.330 e. The first-order valence-electron chi connectivity index (χ1n) is 6.86. The second-order valence-electron chi connectivity index (χ2n) is 4.93. The molecule has 1 aromatic heterocycles. The summed E-state index contributed by atoms with van der Waals surface area (Å²) in [6.07, 6.45) is -4.35. The molecule has 0 spiro atoms. The van der Waals surface area contributed by atoms with Crippen LogP contribution in [0.2, 0.25) is 0 Å². The molecule has 0 fully saturated rings. The zero-order valence-electron chi connectivity index (χ0n) is 12.1. The van der Waals surface area contributed by atoms with E-state index in [1.54, 1.807) is 12.1 Å². The highest BCUT2D eigenvalue weighted by molar-refractivity contribution is 7.07. The average molecular weight is 345 g/mol. The lowest BCUT2D eigenvalue weighted by Gasteiger charge is -2.05. The number of rotatable bonds is 2. The molecular formula is C17H10F3N3S. The predicted molar refractivity (Wildman–Crippen MR) is 85.5 cm³/mol. The molecule has 24 heavy (non-hydrogen) atoms. The summed E-state index contributed by atoms with van der Waals surface area (Å²) in [5.41, 5.74) is 2.04. The van der Waals surface area contributed by atoms with Crippen molar-refractivity contribution in [1.82, 2.24) is 4.98 Å². The fraction of sp³-hybridized carbons (Fsp3) is 0.0588. The van der Waals surface area contributed by atoms with Crippen molar-refractivity contribution in [2.75, 3.05) is 0 Å². The normalized spacial score (nSPS) is 12.2. The quantitative estimate of drug-likeness (QED) is 0.708. The molecule has 0 unspecified atom stereocenters. The van der Waals surface area contributed by atoms with Crippen LogP contribution in [0.4, 0.5) is 18.9 Å². The maximum atomic E-state index is 12.5. The van der Waals surface area contributed by atoms with Gasteiger partial charge < -0.3 is 4.98 Å². The highest BCUT2D eigenvalue weighted by atomic mass is 32.1. The monoisotopic (exact) mass is 345 g/mol. The SMILES string of the molecule is N#Cc1ccc(-c2csc(=Nc3ccc(C(F)(F)F)cc3)[nH]2)cc1. The molecule has 3 aromatic rings. The molecular weight excluding hydrogens is 335 g/mol. The Morgan fingerprint density at radius 1 is 1.00 bits per heavy atom. The molecule has 0 atom stereocenters. The lowest BCUT2D eigenvalue weighted by molar-refractivity contribution is -0.137. The van der Waals surface area contributed by atoms with Gasteiger partial charge in [0.2, 0.25) is 0 Å². The van der Waals surface area contributed by atoms with Crippen LogP contribution >= 0.6 is 11.3 Å². The van der Waals surface area contributed by atoms with Crippen LogP contribution in [0.25, 0.3) is 11.3 Å². The van der Waals surface area contributed by atoms with Gasteiger partial charge in [0, 0.05) is 5.38 Å². The summed E-state index contributed by atoms with van der Waals surface area (Å²) < 4.78 is 37.6. The van der Waals surface area contributed by atoms with Gasteiger partial charge in [-0.2, -0.15) is 18.4 Å². The van der Waals surface area contributed by atoms with E-state index in [1.807, 2.05) is 17.5 Å². The molecule has 0 aliphatic heterocycles. The molecule has 0 amide bonds. The smallest absolute Gasteiger partial charge is 0.330 e. The predicted octanol–water partition coefficient (Wildman–Crippen LogP) is 4.87. The third kappa shape index (κ3) is 3.55. The number of nitrogens with zero attached hydrogens (tertiary/aromatic N) is 2. The van der Waals surface area contributed by atoms with Crippen molar-refractivity contribution < 1.29 is 13.2 Å². The summed E-state index contributed by atoms with van der Waals surface area (Å²) >= 11 is 1.35. The molecule has 0 aliphatic carbocycles. The molecule has 2 aromatic carbocycles. The van der Waals surface area contributed by atoms with E-state index in [9.17, 15) is 13.2 Å². The zero-order chi connectivity index (χ0) is 17.2. The fourth-order valence-electron chi connectivity index (χ4n) is 2.05. The van der Waals surface area contributed by atoms with Gasteiger partial charge in [0.1, 0.15) is 0 Å². The summed E-state index contributed by atoms with van der Waals surface area (Å²) in [4.78, 5) is 7.97. The van der Waals surface area contributed by atoms with Crippen LogP contribution in [0.15, 0.2) is 58.9 Å². The summed E-state index contributed by atoms with van der Waals surface area (Å²) in [5, 5.41) is 10.7. The van der Waals surface area contributed by atoms with Gasteiger partial charge in [-0.05, 0) is 42.0 Å². The van der Waals surface area contributed by atoms with Crippen molar-refractivity contribution in [3.63, 3.8) is 0 Å². The lowest BCUT2D eigenvalue weighted by atomic mass is 10.1. The van der Waals surface area contributed by atoms with Crippen LogP contribution in [-0.4, -0.2) is 4.98 Å². The Bertz CT molecular complexity index is 943. The lowest BCUT2D eigenvalue weighted by Crippen LogP contribution is -2.04. The number of halogens is 3. The molecule has 7 heteroatoms. The number of nitrogens with one attached hydrogen (secondary N) is 1. The third-order valence-corrected chi connectivity index (χ3v) is 4.05. The highest BCUT2D eigenvalue weighted by Gasteiger charge is 2.29. The van der Waals surface area contributed by atoms with Crippen LogP contribution in [-0.2, 0) is 6.18 Å². The number of H-pyrrole nitrogens is 1. The van der Waals surface area contributed by atoms with E-state index in [2.05, 4.69) is 16.0 Å². The Morgan fingerprint density at radius 3 is 2.25 bits per heavy atom. The summed E-state index contributed by atoms with van der Waals surface area (Å²) in [6.45, 7) is 0. The van der Waals surface area contributed by atoms with E-state index >= 15 is 0 Å². The minimum absolute atomic E-state index is 0.437. The Kier molecular flexibility index (Phi) is 4.23. The molecule has 0 saturated heterocycles. The number of nitriles is 1. The zero-order valence-corrected chi connectivity index (χ0v) is 12.9. The van der Waals surface area contributed by atoms with Gasteiger partial charge in [-0.3, -0.25) is 0 Å². The van der Waals surface area contributed by atoms with Crippen molar-refractivity contribution in [1.29, 1.82) is 5.26 Å². The van der Waals surface area contributed by atoms with E-state index in [0.717, 1.165) is 23.4 Å². The molecule has 1 heterocycles. The summed E-state index contributed by atoms with van der Waals surface area (Å²) in [5.74, 6) is 0. The summed E-state index contributed by atoms with van der Waals surface area (Å²) in [7, 11) is 0. The third-order valence-electron chi connectivity index (χ3n) is 3.28. The van der Waals surface area contributed by atoms with Crippen LogP contribution in [0, 0.1) is 11.3 Å². The number of aromatic nitrogens is 1. The van der Waals surface area contributed by atoms with Crippen LogP contribution < -0.4 is 4.80 Å². The Labute approximate surface area is 139 Å². The van der Waals surface area contributed by atoms with E-state index in [0.29, 0.717) is 16.1 Å². The van der Waals surface area contributed by atoms with E-state index < -0.39 is 11.7 Å². The van der Waals surface area contributed by atoms with Crippen molar-refractivity contribution >= 4 is 17.0 Å². The van der Waals surface area contributed by atoms with Crippen LogP contribution in [0.5, 0.6) is 0 Å². The van der Waals surface area contributed by atoms with Gasteiger partial charge in [0.15, 0.2) is 4.80 Å². The van der Waals surface area contributed by atoms with E-state index in [1.165, 1.54) is 23.5 Å². The highest BCUT2D eigenvalue weighted by Crippen LogP contribution is 2.30. The molecule has 0 aliphatic rings. The number of benzene rings is 2. The van der Waals surface area contributed by atoms with Gasteiger partial charge in [-0.15, -0.1) is 11.3 Å². The van der Waals surface area contributed by atoms with Gasteiger partial charge >= 0.3 is 6.18 Å². The minimum atomic E-state index is -4.35. The van der Waals surface area contributed by atoms with Crippen LogP contribution in [0.3, 0.4) is 0 Å². The first-order valence-corrected chi connectivity index (χ1v) is 7.74. The summed E-state index contributed by atoms with van der Waals surface area (Å²) in [6, 6.07) is 13.8. The Morgan fingerprint density at radius 2 is 1.67 bits per heavy atom. The molecule has 0 saturated carbocycles. The number of aromatic amines is 1. The van der Waals surface area contributed by atoms with Crippen molar-refractivity contribution in [2.45, 2.75) is 6.18 Å². The average Bonchev–Trinajstić information content (AvgIpc) is 3.03. The molecule has 3 nitrogen and oxygen atoms in total.